The lowest BCUT2D eigenvalue weighted by Crippen LogP contribution is -2.50. The maximum Gasteiger partial charge on any atom is 0.410 e. The van der Waals surface area contributed by atoms with Crippen LogP contribution < -0.4 is 4.90 Å². The Balaban J connectivity index is 1.61. The molecule has 0 spiro atoms. The summed E-state index contributed by atoms with van der Waals surface area (Å²) in [5.41, 5.74) is 1.37. The maximum atomic E-state index is 12.1. The number of hydrogen-bond donors (Lipinski definition) is 0. The molecule has 8 heteroatoms. The van der Waals surface area contributed by atoms with Gasteiger partial charge >= 0.3 is 6.09 Å². The first kappa shape index (κ1) is 18.6. The lowest BCUT2D eigenvalue weighted by Gasteiger charge is -2.35. The van der Waals surface area contributed by atoms with E-state index < -0.39 is 5.60 Å². The minimum atomic E-state index is -0.470. The van der Waals surface area contributed by atoms with Crippen molar-refractivity contribution in [2.45, 2.75) is 40.2 Å². The largest absolute Gasteiger partial charge is 0.444 e. The molecule has 1 fully saturated rings. The van der Waals surface area contributed by atoms with Gasteiger partial charge in [0.25, 0.3) is 0 Å². The van der Waals surface area contributed by atoms with Gasteiger partial charge in [-0.25, -0.2) is 9.78 Å². The van der Waals surface area contributed by atoms with Gasteiger partial charge in [0.2, 0.25) is 0 Å². The average molecular weight is 375 g/mol. The van der Waals surface area contributed by atoms with Gasteiger partial charge in [0.15, 0.2) is 5.82 Å². The molecule has 0 bridgehead atoms. The molecule has 2 aromatic rings. The molecule has 0 atom stereocenters. The molecule has 0 aliphatic carbocycles. The Bertz CT molecular complexity index is 774. The standard InChI is InChI=1S/C18H25N5O2S/c1-12-16(26-13(2)19-12)14-6-7-15(21-20-14)22-8-10-23(11-9-22)17(24)25-18(3,4)5/h6-7H,8-11H2,1-5H3. The number of nitrogens with zero attached hydrogens (tertiary/aromatic N) is 5. The number of aryl methyl sites for hydroxylation is 2. The van der Waals surface area contributed by atoms with E-state index in [-0.39, 0.29) is 6.09 Å². The minimum Gasteiger partial charge on any atom is -0.444 e. The van der Waals surface area contributed by atoms with Gasteiger partial charge < -0.3 is 14.5 Å². The number of anilines is 1. The molecule has 3 heterocycles. The molecule has 2 aromatic heterocycles. The number of thiazole rings is 1. The molecular formula is C18H25N5O2S. The molecule has 0 aromatic carbocycles. The van der Waals surface area contributed by atoms with Crippen molar-refractivity contribution in [1.82, 2.24) is 20.1 Å². The predicted molar refractivity (Wildman–Crippen MR) is 103 cm³/mol. The first-order chi connectivity index (χ1) is 12.2. The normalized spacial score (nSPS) is 15.3. The molecule has 7 nitrogen and oxygen atoms in total. The molecule has 1 saturated heterocycles. The summed E-state index contributed by atoms with van der Waals surface area (Å²) in [6.45, 7) is 12.3. The molecule has 26 heavy (non-hydrogen) atoms. The molecule has 1 aliphatic heterocycles. The van der Waals surface area contributed by atoms with E-state index in [2.05, 4.69) is 20.1 Å². The van der Waals surface area contributed by atoms with Gasteiger partial charge in [-0.1, -0.05) is 0 Å². The molecule has 0 N–H and O–H groups in total. The summed E-state index contributed by atoms with van der Waals surface area (Å²) in [7, 11) is 0. The summed E-state index contributed by atoms with van der Waals surface area (Å²) < 4.78 is 5.43. The van der Waals surface area contributed by atoms with Crippen molar-refractivity contribution in [3.05, 3.63) is 22.8 Å². The Kier molecular flexibility index (Phi) is 5.13. The molecular weight excluding hydrogens is 350 g/mol. The van der Waals surface area contributed by atoms with Gasteiger partial charge in [0.05, 0.1) is 15.6 Å². The van der Waals surface area contributed by atoms with E-state index in [1.54, 1.807) is 16.2 Å². The fourth-order valence-corrected chi connectivity index (χ4v) is 3.71. The first-order valence-corrected chi connectivity index (χ1v) is 9.55. The Morgan fingerprint density at radius 3 is 2.31 bits per heavy atom. The Labute approximate surface area is 158 Å². The summed E-state index contributed by atoms with van der Waals surface area (Å²) in [6, 6.07) is 3.97. The zero-order valence-corrected chi connectivity index (χ0v) is 16.8. The van der Waals surface area contributed by atoms with Crippen LogP contribution in [0.3, 0.4) is 0 Å². The number of hydrogen-bond acceptors (Lipinski definition) is 7. The SMILES string of the molecule is Cc1nc(C)c(-c2ccc(N3CCN(C(=O)OC(C)(C)C)CC3)nn2)s1. The molecule has 140 valence electrons. The molecule has 3 rings (SSSR count). The van der Waals surface area contributed by atoms with Crippen molar-refractivity contribution in [2.24, 2.45) is 0 Å². The maximum absolute atomic E-state index is 12.1. The highest BCUT2D eigenvalue weighted by molar-refractivity contribution is 7.15. The van der Waals surface area contributed by atoms with Gasteiger partial charge in [0, 0.05) is 26.2 Å². The second-order valence-electron chi connectivity index (χ2n) is 7.38. The molecule has 0 radical (unpaired) electrons. The number of amides is 1. The van der Waals surface area contributed by atoms with Gasteiger partial charge in [-0.05, 0) is 46.8 Å². The molecule has 0 saturated carbocycles. The molecule has 0 unspecified atom stereocenters. The third-order valence-corrected chi connectivity index (χ3v) is 5.14. The van der Waals surface area contributed by atoms with Crippen molar-refractivity contribution in [3.63, 3.8) is 0 Å². The van der Waals surface area contributed by atoms with Crippen LogP contribution in [-0.4, -0.2) is 58.0 Å². The third kappa shape index (κ3) is 4.30. The second-order valence-corrected chi connectivity index (χ2v) is 8.58. The lowest BCUT2D eigenvalue weighted by molar-refractivity contribution is 0.0240. The second kappa shape index (κ2) is 7.19. The highest BCUT2D eigenvalue weighted by Crippen LogP contribution is 2.28. The van der Waals surface area contributed by atoms with Crippen molar-refractivity contribution in [2.75, 3.05) is 31.1 Å². The summed E-state index contributed by atoms with van der Waals surface area (Å²) in [5, 5.41) is 9.78. The van der Waals surface area contributed by atoms with Crippen LogP contribution in [0.15, 0.2) is 12.1 Å². The van der Waals surface area contributed by atoms with E-state index in [1.165, 1.54) is 0 Å². The zero-order chi connectivity index (χ0) is 18.9. The minimum absolute atomic E-state index is 0.255. The summed E-state index contributed by atoms with van der Waals surface area (Å²) >= 11 is 1.63. The number of carbonyl (C=O) groups is 1. The van der Waals surface area contributed by atoms with E-state index in [0.29, 0.717) is 26.2 Å². The Hall–Kier alpha value is -2.22. The van der Waals surface area contributed by atoms with Crippen LogP contribution in [0, 0.1) is 13.8 Å². The van der Waals surface area contributed by atoms with E-state index >= 15 is 0 Å². The Morgan fingerprint density at radius 1 is 1.12 bits per heavy atom. The topological polar surface area (TPSA) is 71.5 Å². The number of piperazine rings is 1. The Morgan fingerprint density at radius 2 is 1.81 bits per heavy atom. The summed E-state index contributed by atoms with van der Waals surface area (Å²) in [6.07, 6.45) is -0.255. The van der Waals surface area contributed by atoms with E-state index in [0.717, 1.165) is 27.1 Å². The predicted octanol–water partition coefficient (Wildman–Crippen LogP) is 3.27. The van der Waals surface area contributed by atoms with Gasteiger partial charge in [0.1, 0.15) is 11.3 Å². The van der Waals surface area contributed by atoms with Crippen molar-refractivity contribution < 1.29 is 9.53 Å². The first-order valence-electron chi connectivity index (χ1n) is 8.74. The van der Waals surface area contributed by atoms with Crippen molar-refractivity contribution in [1.29, 1.82) is 0 Å². The fourth-order valence-electron chi connectivity index (χ4n) is 2.83. The quantitative estimate of drug-likeness (QED) is 0.802. The highest BCUT2D eigenvalue weighted by atomic mass is 32.1. The monoisotopic (exact) mass is 375 g/mol. The van der Waals surface area contributed by atoms with Crippen LogP contribution in [0.4, 0.5) is 10.6 Å². The van der Waals surface area contributed by atoms with Crippen LogP contribution >= 0.6 is 11.3 Å². The number of rotatable bonds is 2. The van der Waals surface area contributed by atoms with E-state index in [9.17, 15) is 4.79 Å². The van der Waals surface area contributed by atoms with Crippen molar-refractivity contribution >= 4 is 23.2 Å². The number of carbonyl (C=O) groups excluding carboxylic acids is 1. The van der Waals surface area contributed by atoms with Crippen LogP contribution in [-0.2, 0) is 4.74 Å². The zero-order valence-electron chi connectivity index (χ0n) is 15.9. The average Bonchev–Trinajstić information content (AvgIpc) is 2.92. The highest BCUT2D eigenvalue weighted by Gasteiger charge is 2.26. The summed E-state index contributed by atoms with van der Waals surface area (Å²) in [4.78, 5) is 21.5. The smallest absolute Gasteiger partial charge is 0.410 e. The fraction of sp³-hybridized carbons (Fsp3) is 0.556. The van der Waals surface area contributed by atoms with Crippen LogP contribution in [0.2, 0.25) is 0 Å². The lowest BCUT2D eigenvalue weighted by atomic mass is 10.2. The van der Waals surface area contributed by atoms with Crippen LogP contribution in [0.5, 0.6) is 0 Å². The number of ether oxygens (including phenoxy) is 1. The van der Waals surface area contributed by atoms with Gasteiger partial charge in [-0.2, -0.15) is 0 Å². The summed E-state index contributed by atoms with van der Waals surface area (Å²) in [5.74, 6) is 0.830. The van der Waals surface area contributed by atoms with Crippen molar-refractivity contribution in [3.8, 4) is 10.6 Å². The third-order valence-electron chi connectivity index (χ3n) is 4.04. The van der Waals surface area contributed by atoms with Crippen LogP contribution in [0.1, 0.15) is 31.5 Å². The van der Waals surface area contributed by atoms with E-state index in [4.69, 9.17) is 4.74 Å². The van der Waals surface area contributed by atoms with Crippen LogP contribution in [0.25, 0.3) is 10.6 Å². The van der Waals surface area contributed by atoms with Gasteiger partial charge in [-0.15, -0.1) is 21.5 Å². The molecule has 1 aliphatic rings. The van der Waals surface area contributed by atoms with Gasteiger partial charge in [-0.3, -0.25) is 0 Å². The molecule has 1 amide bonds. The number of aromatic nitrogens is 3. The van der Waals surface area contributed by atoms with E-state index in [1.807, 2.05) is 46.8 Å².